The van der Waals surface area contributed by atoms with E-state index in [2.05, 4.69) is 22.3 Å². The zero-order chi connectivity index (χ0) is 23.9. The van der Waals surface area contributed by atoms with Crippen LogP contribution < -0.4 is 11.1 Å². The van der Waals surface area contributed by atoms with Gasteiger partial charge in [-0.15, -0.1) is 0 Å². The molecular formula is C26H32Cl2N4O2. The van der Waals surface area contributed by atoms with E-state index in [4.69, 9.17) is 28.9 Å². The number of hydrogen-bond donors (Lipinski definition) is 3. The molecule has 1 aliphatic heterocycles. The van der Waals surface area contributed by atoms with Crippen LogP contribution in [0.4, 0.5) is 16.2 Å². The number of β-amino-alcohol motifs (C(OH)–C–C–N with tert-alkyl or cyclic N) is 1. The van der Waals surface area contributed by atoms with Crippen molar-refractivity contribution in [2.24, 2.45) is 5.92 Å². The van der Waals surface area contributed by atoms with Crippen LogP contribution in [0, 0.1) is 5.92 Å². The Balaban J connectivity index is 1.29. The highest BCUT2D eigenvalue weighted by molar-refractivity contribution is 6.42. The molecule has 2 aliphatic carbocycles. The summed E-state index contributed by atoms with van der Waals surface area (Å²) in [5, 5.41) is 13.8. The normalized spacial score (nSPS) is 28.4. The highest BCUT2D eigenvalue weighted by Gasteiger charge is 2.58. The van der Waals surface area contributed by atoms with Crippen LogP contribution in [0.15, 0.2) is 42.5 Å². The monoisotopic (exact) mass is 502 g/mol. The number of likely N-dealkylation sites (tertiary alicyclic amines) is 1. The number of benzene rings is 2. The van der Waals surface area contributed by atoms with E-state index < -0.39 is 0 Å². The van der Waals surface area contributed by atoms with Gasteiger partial charge in [0.1, 0.15) is 0 Å². The van der Waals surface area contributed by atoms with Gasteiger partial charge in [-0.1, -0.05) is 35.3 Å². The molecule has 3 fully saturated rings. The first-order valence-corrected chi connectivity index (χ1v) is 12.9. The van der Waals surface area contributed by atoms with E-state index >= 15 is 0 Å². The smallest absolute Gasteiger partial charge is 0.322 e. The number of aliphatic hydroxyl groups excluding tert-OH is 1. The van der Waals surface area contributed by atoms with Crippen molar-refractivity contribution in [2.75, 3.05) is 37.2 Å². The molecule has 1 saturated heterocycles. The van der Waals surface area contributed by atoms with Gasteiger partial charge in [0.2, 0.25) is 0 Å². The summed E-state index contributed by atoms with van der Waals surface area (Å²) in [5.41, 5.74) is 9.07. The fourth-order valence-electron chi connectivity index (χ4n) is 5.98. The average Bonchev–Trinajstić information content (AvgIpc) is 3.41. The predicted molar refractivity (Wildman–Crippen MR) is 138 cm³/mol. The Morgan fingerprint density at radius 1 is 1.21 bits per heavy atom. The van der Waals surface area contributed by atoms with Crippen molar-refractivity contribution in [3.63, 3.8) is 0 Å². The fraction of sp³-hybridized carbons (Fsp3) is 0.500. The molecule has 4 N–H and O–H groups in total. The van der Waals surface area contributed by atoms with Gasteiger partial charge < -0.3 is 21.1 Å². The summed E-state index contributed by atoms with van der Waals surface area (Å²) in [6.45, 7) is 2.93. The van der Waals surface area contributed by atoms with Crippen LogP contribution in [0.2, 0.25) is 10.0 Å². The topological polar surface area (TPSA) is 81.8 Å². The second-order valence-electron chi connectivity index (χ2n) is 10.1. The van der Waals surface area contributed by atoms with Crippen molar-refractivity contribution in [3.8, 4) is 0 Å². The molecular weight excluding hydrogens is 471 g/mol. The van der Waals surface area contributed by atoms with Gasteiger partial charge in [0.05, 0.1) is 16.1 Å². The Kier molecular flexibility index (Phi) is 6.68. The standard InChI is InChI=1S/C26H32Cl2N4O2/c27-23-5-4-20(14-24(23)28)30-25(34)32(11-10-31-9-7-22(33)16-31)21-6-8-26(15-18(26)13-21)17-2-1-3-19(29)12-17/h1-5,12,14,18,21-22,33H,6-11,13,15-16,29H2,(H,30,34)/t18?,21-,22-,26+/m1/s1. The SMILES string of the molecule is Nc1cccc([C@@]23CC[C@@H](N(CCN4CC[C@@H](O)C4)C(=O)Nc4ccc(Cl)c(Cl)c4)CC2C3)c1. The highest BCUT2D eigenvalue weighted by atomic mass is 35.5. The molecule has 0 aromatic heterocycles. The molecule has 3 aliphatic rings. The number of amides is 2. The van der Waals surface area contributed by atoms with Crippen LogP contribution in [0.5, 0.6) is 0 Å². The van der Waals surface area contributed by atoms with Gasteiger partial charge in [-0.25, -0.2) is 4.79 Å². The summed E-state index contributed by atoms with van der Waals surface area (Å²) >= 11 is 12.2. The van der Waals surface area contributed by atoms with E-state index in [0.29, 0.717) is 34.7 Å². The molecule has 34 heavy (non-hydrogen) atoms. The summed E-state index contributed by atoms with van der Waals surface area (Å²) < 4.78 is 0. The lowest BCUT2D eigenvalue weighted by Crippen LogP contribution is -2.48. The number of anilines is 2. The van der Waals surface area contributed by atoms with E-state index in [1.807, 2.05) is 17.0 Å². The first-order valence-electron chi connectivity index (χ1n) is 12.1. The minimum Gasteiger partial charge on any atom is -0.399 e. The number of rotatable bonds is 6. The van der Waals surface area contributed by atoms with Gasteiger partial charge >= 0.3 is 6.03 Å². The maximum Gasteiger partial charge on any atom is 0.322 e. The van der Waals surface area contributed by atoms with Gasteiger partial charge in [-0.2, -0.15) is 0 Å². The molecule has 0 bridgehead atoms. The Morgan fingerprint density at radius 2 is 2.06 bits per heavy atom. The fourth-order valence-corrected chi connectivity index (χ4v) is 6.28. The summed E-state index contributed by atoms with van der Waals surface area (Å²) in [6.07, 6.45) is 4.70. The lowest BCUT2D eigenvalue weighted by molar-refractivity contribution is 0.142. The number of carbonyl (C=O) groups excluding carboxylic acids is 1. The molecule has 2 amide bonds. The van der Waals surface area contributed by atoms with E-state index in [1.54, 1.807) is 18.2 Å². The largest absolute Gasteiger partial charge is 0.399 e. The van der Waals surface area contributed by atoms with Crippen LogP contribution in [-0.2, 0) is 5.41 Å². The third-order valence-electron chi connectivity index (χ3n) is 7.95. The Bertz CT molecular complexity index is 1070. The van der Waals surface area contributed by atoms with E-state index in [9.17, 15) is 9.90 Å². The molecule has 8 heteroatoms. The number of nitrogens with zero attached hydrogens (tertiary/aromatic N) is 2. The Morgan fingerprint density at radius 3 is 2.76 bits per heavy atom. The van der Waals surface area contributed by atoms with Crippen molar-refractivity contribution >= 4 is 40.6 Å². The summed E-state index contributed by atoms with van der Waals surface area (Å²) in [5.74, 6) is 0.571. The van der Waals surface area contributed by atoms with E-state index in [-0.39, 0.29) is 23.6 Å². The first-order chi connectivity index (χ1) is 16.3. The molecule has 182 valence electrons. The molecule has 1 unspecified atom stereocenters. The first kappa shape index (κ1) is 23.7. The number of carbonyl (C=O) groups is 1. The number of nitrogens with two attached hydrogens (primary N) is 1. The number of hydrogen-bond acceptors (Lipinski definition) is 4. The molecule has 0 radical (unpaired) electrons. The third kappa shape index (κ3) is 4.87. The van der Waals surface area contributed by atoms with Crippen molar-refractivity contribution in [1.82, 2.24) is 9.80 Å². The number of fused-ring (bicyclic) bond motifs is 1. The van der Waals surface area contributed by atoms with Gasteiger partial charge in [-0.05, 0) is 79.3 Å². The zero-order valence-electron chi connectivity index (χ0n) is 19.2. The highest BCUT2D eigenvalue weighted by Crippen LogP contribution is 2.63. The third-order valence-corrected chi connectivity index (χ3v) is 8.69. The Labute approximate surface area is 211 Å². The molecule has 6 nitrogen and oxygen atoms in total. The lowest BCUT2D eigenvalue weighted by Gasteiger charge is -2.37. The number of nitrogens with one attached hydrogen (secondary N) is 1. The molecule has 5 rings (SSSR count). The summed E-state index contributed by atoms with van der Waals surface area (Å²) in [7, 11) is 0. The maximum atomic E-state index is 13.4. The van der Waals surface area contributed by atoms with Crippen molar-refractivity contribution in [2.45, 2.75) is 49.7 Å². The van der Waals surface area contributed by atoms with Crippen LogP contribution in [0.3, 0.4) is 0 Å². The molecule has 0 spiro atoms. The summed E-state index contributed by atoms with van der Waals surface area (Å²) in [4.78, 5) is 17.7. The second kappa shape index (κ2) is 9.57. The quantitative estimate of drug-likeness (QED) is 0.486. The van der Waals surface area contributed by atoms with Gasteiger partial charge in [-0.3, -0.25) is 4.90 Å². The molecule has 4 atom stereocenters. The van der Waals surface area contributed by atoms with Crippen LogP contribution in [-0.4, -0.2) is 59.3 Å². The summed E-state index contributed by atoms with van der Waals surface area (Å²) in [6, 6.07) is 13.5. The van der Waals surface area contributed by atoms with Crippen LogP contribution >= 0.6 is 23.2 Å². The lowest BCUT2D eigenvalue weighted by atomic mass is 9.80. The van der Waals surface area contributed by atoms with Crippen molar-refractivity contribution < 1.29 is 9.90 Å². The number of nitrogen functional groups attached to an aromatic ring is 1. The molecule has 2 aromatic carbocycles. The van der Waals surface area contributed by atoms with Gasteiger partial charge in [0.15, 0.2) is 0 Å². The number of aliphatic hydroxyl groups is 1. The molecule has 2 saturated carbocycles. The predicted octanol–water partition coefficient (Wildman–Crippen LogP) is 4.99. The van der Waals surface area contributed by atoms with Crippen molar-refractivity contribution in [3.05, 3.63) is 58.1 Å². The minimum absolute atomic E-state index is 0.111. The Hall–Kier alpha value is -1.99. The molecule has 2 aromatic rings. The van der Waals surface area contributed by atoms with Crippen molar-refractivity contribution in [1.29, 1.82) is 0 Å². The van der Waals surface area contributed by atoms with Crippen LogP contribution in [0.25, 0.3) is 0 Å². The maximum absolute atomic E-state index is 13.4. The minimum atomic E-state index is -0.265. The number of halogens is 2. The average molecular weight is 503 g/mol. The molecule has 1 heterocycles. The van der Waals surface area contributed by atoms with E-state index in [0.717, 1.165) is 50.9 Å². The number of urea groups is 1. The van der Waals surface area contributed by atoms with E-state index in [1.165, 1.54) is 5.56 Å². The van der Waals surface area contributed by atoms with Crippen LogP contribution in [0.1, 0.15) is 37.7 Å². The zero-order valence-corrected chi connectivity index (χ0v) is 20.7. The van der Waals surface area contributed by atoms with Gasteiger partial charge in [0.25, 0.3) is 0 Å². The van der Waals surface area contributed by atoms with Gasteiger partial charge in [0, 0.05) is 43.6 Å². The second-order valence-corrected chi connectivity index (χ2v) is 10.9.